The highest BCUT2D eigenvalue weighted by molar-refractivity contribution is 14.1. The standard InChI is InChI=1S/C16H31IO2/c1-3-5-11-18-12-13-19-16(14-17)9-7-15(6-4-2)8-10-16/h15H,3-14H2,1-2H3. The monoisotopic (exact) mass is 382 g/mol. The number of rotatable bonds is 10. The Morgan fingerprint density at radius 3 is 2.37 bits per heavy atom. The van der Waals surface area contributed by atoms with E-state index in [0.717, 1.165) is 36.6 Å². The van der Waals surface area contributed by atoms with Crippen molar-refractivity contribution in [2.24, 2.45) is 5.92 Å². The summed E-state index contributed by atoms with van der Waals surface area (Å²) in [5.74, 6) is 0.950. The van der Waals surface area contributed by atoms with Crippen molar-refractivity contribution in [1.82, 2.24) is 0 Å². The van der Waals surface area contributed by atoms with E-state index in [9.17, 15) is 0 Å². The van der Waals surface area contributed by atoms with E-state index < -0.39 is 0 Å². The van der Waals surface area contributed by atoms with Gasteiger partial charge < -0.3 is 9.47 Å². The van der Waals surface area contributed by atoms with E-state index in [1.807, 2.05) is 0 Å². The molecular weight excluding hydrogens is 351 g/mol. The summed E-state index contributed by atoms with van der Waals surface area (Å²) in [5, 5.41) is 0. The minimum absolute atomic E-state index is 0.152. The summed E-state index contributed by atoms with van der Waals surface area (Å²) < 4.78 is 12.9. The molecule has 0 heterocycles. The van der Waals surface area contributed by atoms with Crippen LogP contribution in [-0.2, 0) is 9.47 Å². The average Bonchev–Trinajstić information content (AvgIpc) is 2.45. The lowest BCUT2D eigenvalue weighted by Crippen LogP contribution is -2.39. The molecule has 0 bridgehead atoms. The first-order valence-electron chi connectivity index (χ1n) is 8.04. The molecule has 3 heteroatoms. The second kappa shape index (κ2) is 10.4. The second-order valence-electron chi connectivity index (χ2n) is 5.86. The SMILES string of the molecule is CCCCOCCOC1(CI)CCC(CCC)CC1. The summed E-state index contributed by atoms with van der Waals surface area (Å²) >= 11 is 2.50. The van der Waals surface area contributed by atoms with Crippen LogP contribution in [0.3, 0.4) is 0 Å². The molecule has 0 aromatic carbocycles. The predicted molar refractivity (Wildman–Crippen MR) is 90.2 cm³/mol. The van der Waals surface area contributed by atoms with Crippen molar-refractivity contribution in [2.45, 2.75) is 70.8 Å². The molecule has 0 saturated heterocycles. The maximum atomic E-state index is 6.19. The molecule has 0 aromatic heterocycles. The van der Waals surface area contributed by atoms with Crippen molar-refractivity contribution < 1.29 is 9.47 Å². The van der Waals surface area contributed by atoms with E-state index in [1.165, 1.54) is 44.9 Å². The number of halogens is 1. The first-order valence-corrected chi connectivity index (χ1v) is 9.56. The van der Waals surface area contributed by atoms with Gasteiger partial charge in [0.25, 0.3) is 0 Å². The minimum atomic E-state index is 0.152. The number of ether oxygens (including phenoxy) is 2. The maximum Gasteiger partial charge on any atom is 0.0772 e. The molecule has 0 N–H and O–H groups in total. The lowest BCUT2D eigenvalue weighted by Gasteiger charge is -2.39. The third-order valence-electron chi connectivity index (χ3n) is 4.24. The van der Waals surface area contributed by atoms with Crippen LogP contribution in [-0.4, -0.2) is 29.8 Å². The van der Waals surface area contributed by atoms with E-state index >= 15 is 0 Å². The van der Waals surface area contributed by atoms with Crippen molar-refractivity contribution in [3.8, 4) is 0 Å². The molecular formula is C16H31IO2. The lowest BCUT2D eigenvalue weighted by molar-refractivity contribution is -0.0782. The molecule has 1 fully saturated rings. The summed E-state index contributed by atoms with van der Waals surface area (Å²) in [6.45, 7) is 6.90. The number of alkyl halides is 1. The topological polar surface area (TPSA) is 18.5 Å². The maximum absolute atomic E-state index is 6.19. The molecule has 19 heavy (non-hydrogen) atoms. The molecule has 0 aromatic rings. The van der Waals surface area contributed by atoms with Crippen LogP contribution in [0.2, 0.25) is 0 Å². The zero-order valence-electron chi connectivity index (χ0n) is 12.8. The molecule has 0 unspecified atom stereocenters. The van der Waals surface area contributed by atoms with Gasteiger partial charge in [-0.1, -0.05) is 55.7 Å². The highest BCUT2D eigenvalue weighted by atomic mass is 127. The molecule has 0 atom stereocenters. The van der Waals surface area contributed by atoms with Crippen LogP contribution < -0.4 is 0 Å². The highest BCUT2D eigenvalue weighted by Crippen LogP contribution is 2.38. The Kier molecular flexibility index (Phi) is 9.68. The van der Waals surface area contributed by atoms with E-state index in [2.05, 4.69) is 36.4 Å². The Morgan fingerprint density at radius 2 is 1.79 bits per heavy atom. The fraction of sp³-hybridized carbons (Fsp3) is 1.00. The number of unbranched alkanes of at least 4 members (excludes halogenated alkanes) is 1. The van der Waals surface area contributed by atoms with Crippen LogP contribution in [0.15, 0.2) is 0 Å². The molecule has 0 radical (unpaired) electrons. The van der Waals surface area contributed by atoms with Gasteiger partial charge in [-0.05, 0) is 38.0 Å². The average molecular weight is 382 g/mol. The summed E-state index contributed by atoms with van der Waals surface area (Å²) in [4.78, 5) is 0. The molecule has 114 valence electrons. The first-order chi connectivity index (χ1) is 9.26. The summed E-state index contributed by atoms with van der Waals surface area (Å²) in [5.41, 5.74) is 0.152. The Morgan fingerprint density at radius 1 is 1.05 bits per heavy atom. The van der Waals surface area contributed by atoms with Gasteiger partial charge in [0, 0.05) is 11.0 Å². The van der Waals surface area contributed by atoms with Crippen LogP contribution in [0.25, 0.3) is 0 Å². The van der Waals surface area contributed by atoms with E-state index in [0.29, 0.717) is 0 Å². The Bertz CT molecular complexity index is 213. The fourth-order valence-corrected chi connectivity index (χ4v) is 3.87. The van der Waals surface area contributed by atoms with Gasteiger partial charge in [-0.2, -0.15) is 0 Å². The summed E-state index contributed by atoms with van der Waals surface area (Å²) in [7, 11) is 0. The van der Waals surface area contributed by atoms with Crippen LogP contribution in [0.5, 0.6) is 0 Å². The fourth-order valence-electron chi connectivity index (χ4n) is 2.88. The summed E-state index contributed by atoms with van der Waals surface area (Å²) in [6, 6.07) is 0. The Labute approximate surface area is 133 Å². The molecule has 0 aliphatic heterocycles. The van der Waals surface area contributed by atoms with Crippen molar-refractivity contribution >= 4 is 22.6 Å². The van der Waals surface area contributed by atoms with Crippen molar-refractivity contribution in [3.63, 3.8) is 0 Å². The van der Waals surface area contributed by atoms with Crippen LogP contribution in [0.1, 0.15) is 65.2 Å². The lowest BCUT2D eigenvalue weighted by atomic mass is 9.78. The number of hydrogen-bond acceptors (Lipinski definition) is 2. The van der Waals surface area contributed by atoms with Crippen LogP contribution >= 0.6 is 22.6 Å². The molecule has 2 nitrogen and oxygen atoms in total. The molecule has 0 amide bonds. The second-order valence-corrected chi connectivity index (χ2v) is 6.63. The molecule has 1 aliphatic carbocycles. The molecule has 0 spiro atoms. The largest absolute Gasteiger partial charge is 0.379 e. The smallest absolute Gasteiger partial charge is 0.0772 e. The third kappa shape index (κ3) is 6.76. The number of hydrogen-bond donors (Lipinski definition) is 0. The van der Waals surface area contributed by atoms with E-state index in [4.69, 9.17) is 9.47 Å². The predicted octanol–water partition coefficient (Wildman–Crippen LogP) is 4.98. The van der Waals surface area contributed by atoms with Crippen LogP contribution in [0.4, 0.5) is 0 Å². The van der Waals surface area contributed by atoms with E-state index in [1.54, 1.807) is 0 Å². The van der Waals surface area contributed by atoms with Crippen molar-refractivity contribution in [3.05, 3.63) is 0 Å². The van der Waals surface area contributed by atoms with Gasteiger partial charge in [-0.3, -0.25) is 0 Å². The first kappa shape index (κ1) is 17.7. The van der Waals surface area contributed by atoms with Gasteiger partial charge in [0.1, 0.15) is 0 Å². The van der Waals surface area contributed by atoms with Crippen molar-refractivity contribution in [1.29, 1.82) is 0 Å². The van der Waals surface area contributed by atoms with Gasteiger partial charge in [0.05, 0.1) is 18.8 Å². The molecule has 1 saturated carbocycles. The van der Waals surface area contributed by atoms with Gasteiger partial charge >= 0.3 is 0 Å². The Hall–Kier alpha value is 0.650. The molecule has 1 aliphatic rings. The van der Waals surface area contributed by atoms with Gasteiger partial charge in [0.15, 0.2) is 0 Å². The molecule has 1 rings (SSSR count). The van der Waals surface area contributed by atoms with Crippen LogP contribution in [0, 0.1) is 5.92 Å². The summed E-state index contributed by atoms with van der Waals surface area (Å²) in [6.07, 6.45) is 10.3. The van der Waals surface area contributed by atoms with Crippen molar-refractivity contribution in [2.75, 3.05) is 24.2 Å². The van der Waals surface area contributed by atoms with Gasteiger partial charge in [0.2, 0.25) is 0 Å². The zero-order chi connectivity index (χ0) is 14.0. The normalized spacial score (nSPS) is 27.6. The van der Waals surface area contributed by atoms with Gasteiger partial charge in [-0.25, -0.2) is 0 Å². The van der Waals surface area contributed by atoms with E-state index in [-0.39, 0.29) is 5.60 Å². The minimum Gasteiger partial charge on any atom is -0.379 e. The quantitative estimate of drug-likeness (QED) is 0.301. The highest BCUT2D eigenvalue weighted by Gasteiger charge is 2.34. The third-order valence-corrected chi connectivity index (χ3v) is 5.63. The zero-order valence-corrected chi connectivity index (χ0v) is 14.9. The Balaban J connectivity index is 2.18. The van der Waals surface area contributed by atoms with Gasteiger partial charge in [-0.15, -0.1) is 0 Å².